The van der Waals surface area contributed by atoms with E-state index in [9.17, 15) is 4.79 Å². The van der Waals surface area contributed by atoms with Crippen LogP contribution in [0.5, 0.6) is 5.75 Å². The molecule has 1 N–H and O–H groups in total. The van der Waals surface area contributed by atoms with E-state index in [2.05, 4.69) is 12.2 Å². The van der Waals surface area contributed by atoms with Crippen LogP contribution in [0.2, 0.25) is 0 Å². The van der Waals surface area contributed by atoms with Gasteiger partial charge in [0.05, 0.1) is 29.9 Å². The molecule has 1 aromatic rings. The summed E-state index contributed by atoms with van der Waals surface area (Å²) in [5.41, 5.74) is 1.25. The Labute approximate surface area is 112 Å². The molecular weight excluding hydrogens is 250 g/mol. The van der Waals surface area contributed by atoms with Gasteiger partial charge in [-0.05, 0) is 18.7 Å². The van der Waals surface area contributed by atoms with Crippen LogP contribution in [0, 0.1) is 0 Å². The predicted molar refractivity (Wildman–Crippen MR) is 74.9 cm³/mol. The molecule has 1 rings (SSSR count). The number of benzene rings is 1. The van der Waals surface area contributed by atoms with E-state index in [0.717, 1.165) is 16.4 Å². The molecule has 0 aliphatic rings. The van der Waals surface area contributed by atoms with Crippen molar-refractivity contribution in [2.24, 2.45) is 0 Å². The van der Waals surface area contributed by atoms with Crippen LogP contribution in [0.25, 0.3) is 0 Å². The summed E-state index contributed by atoms with van der Waals surface area (Å²) in [5.74, 6) is 1.36. The highest BCUT2D eigenvalue weighted by Gasteiger charge is 2.16. The average molecular weight is 269 g/mol. The van der Waals surface area contributed by atoms with Crippen molar-refractivity contribution < 1.29 is 14.3 Å². The molecule has 0 saturated carbocycles. The van der Waals surface area contributed by atoms with Gasteiger partial charge >= 0.3 is 5.97 Å². The summed E-state index contributed by atoms with van der Waals surface area (Å²) >= 11 is 1.63. The summed E-state index contributed by atoms with van der Waals surface area (Å²) in [6.45, 7) is 4.21. The Morgan fingerprint density at radius 3 is 2.61 bits per heavy atom. The van der Waals surface area contributed by atoms with Crippen molar-refractivity contribution in [1.82, 2.24) is 0 Å². The standard InChI is InChI=1S/C13H19NO3S/c1-5-17-13(15)9-7-12(18-6-2)11(16-4)8-10(9)14-3/h7-8,14H,5-6H2,1-4H3. The highest BCUT2D eigenvalue weighted by atomic mass is 32.2. The largest absolute Gasteiger partial charge is 0.496 e. The molecule has 0 bridgehead atoms. The van der Waals surface area contributed by atoms with Crippen LogP contribution in [-0.2, 0) is 4.74 Å². The Hall–Kier alpha value is -1.36. The van der Waals surface area contributed by atoms with Gasteiger partial charge in [-0.3, -0.25) is 0 Å². The van der Waals surface area contributed by atoms with E-state index >= 15 is 0 Å². The van der Waals surface area contributed by atoms with Crippen molar-refractivity contribution >= 4 is 23.4 Å². The Bertz CT molecular complexity index is 421. The number of carbonyl (C=O) groups excluding carboxylic acids is 1. The normalized spacial score (nSPS) is 10.0. The van der Waals surface area contributed by atoms with Crippen molar-refractivity contribution in [1.29, 1.82) is 0 Å². The molecule has 18 heavy (non-hydrogen) atoms. The Morgan fingerprint density at radius 1 is 1.39 bits per heavy atom. The lowest BCUT2D eigenvalue weighted by Crippen LogP contribution is -2.08. The van der Waals surface area contributed by atoms with Crippen LogP contribution < -0.4 is 10.1 Å². The molecule has 1 aromatic carbocycles. The van der Waals surface area contributed by atoms with E-state index in [1.807, 2.05) is 12.1 Å². The third-order valence-electron chi connectivity index (χ3n) is 2.37. The smallest absolute Gasteiger partial charge is 0.340 e. The number of thioether (sulfide) groups is 1. The van der Waals surface area contributed by atoms with Crippen LogP contribution in [0.15, 0.2) is 17.0 Å². The van der Waals surface area contributed by atoms with Gasteiger partial charge in [0.25, 0.3) is 0 Å². The van der Waals surface area contributed by atoms with Gasteiger partial charge in [0.15, 0.2) is 0 Å². The first-order valence-corrected chi connectivity index (χ1v) is 6.86. The minimum absolute atomic E-state index is 0.317. The van der Waals surface area contributed by atoms with Gasteiger partial charge < -0.3 is 14.8 Å². The maximum atomic E-state index is 11.9. The van der Waals surface area contributed by atoms with Gasteiger partial charge in [-0.15, -0.1) is 11.8 Å². The SMILES string of the molecule is CCOC(=O)c1cc(SCC)c(OC)cc1NC. The number of esters is 1. The number of nitrogens with one attached hydrogen (secondary N) is 1. The van der Waals surface area contributed by atoms with E-state index in [1.54, 1.807) is 32.8 Å². The second kappa shape index (κ2) is 7.16. The molecule has 0 amide bonds. The van der Waals surface area contributed by atoms with Gasteiger partial charge in [0, 0.05) is 13.1 Å². The zero-order valence-electron chi connectivity index (χ0n) is 11.2. The summed E-state index contributed by atoms with van der Waals surface area (Å²) in [7, 11) is 3.39. The van der Waals surface area contributed by atoms with Gasteiger partial charge in [0.2, 0.25) is 0 Å². The van der Waals surface area contributed by atoms with Crippen LogP contribution in [0.3, 0.4) is 0 Å². The molecule has 4 nitrogen and oxygen atoms in total. The maximum absolute atomic E-state index is 11.9. The summed E-state index contributed by atoms with van der Waals surface area (Å²) in [6, 6.07) is 3.64. The molecule has 0 aromatic heterocycles. The second-order valence-electron chi connectivity index (χ2n) is 3.45. The van der Waals surface area contributed by atoms with E-state index in [-0.39, 0.29) is 5.97 Å². The van der Waals surface area contributed by atoms with E-state index < -0.39 is 0 Å². The summed E-state index contributed by atoms with van der Waals surface area (Å²) in [5, 5.41) is 2.99. The van der Waals surface area contributed by atoms with Crippen LogP contribution in [0.1, 0.15) is 24.2 Å². The number of ether oxygens (including phenoxy) is 2. The van der Waals surface area contributed by atoms with Crippen LogP contribution in [-0.4, -0.2) is 32.5 Å². The van der Waals surface area contributed by atoms with Crippen molar-refractivity contribution in [2.45, 2.75) is 18.7 Å². The highest BCUT2D eigenvalue weighted by Crippen LogP contribution is 2.34. The molecule has 0 spiro atoms. The Morgan fingerprint density at radius 2 is 2.11 bits per heavy atom. The molecule has 0 atom stereocenters. The number of hydrogen-bond acceptors (Lipinski definition) is 5. The van der Waals surface area contributed by atoms with E-state index in [4.69, 9.17) is 9.47 Å². The predicted octanol–water partition coefficient (Wildman–Crippen LogP) is 3.03. The lowest BCUT2D eigenvalue weighted by molar-refractivity contribution is 0.0527. The minimum atomic E-state index is -0.317. The average Bonchev–Trinajstić information content (AvgIpc) is 2.38. The first-order chi connectivity index (χ1) is 8.67. The molecule has 0 aliphatic heterocycles. The van der Waals surface area contributed by atoms with Crippen molar-refractivity contribution in [3.05, 3.63) is 17.7 Å². The zero-order valence-corrected chi connectivity index (χ0v) is 12.0. The first-order valence-electron chi connectivity index (χ1n) is 5.87. The van der Waals surface area contributed by atoms with E-state index in [0.29, 0.717) is 17.9 Å². The minimum Gasteiger partial charge on any atom is -0.496 e. The summed E-state index contributed by atoms with van der Waals surface area (Å²) in [6.07, 6.45) is 0. The van der Waals surface area contributed by atoms with Gasteiger partial charge in [-0.25, -0.2) is 4.79 Å². The number of methoxy groups -OCH3 is 1. The molecule has 0 unspecified atom stereocenters. The van der Waals surface area contributed by atoms with Crippen LogP contribution >= 0.6 is 11.8 Å². The van der Waals surface area contributed by atoms with Gasteiger partial charge in [-0.2, -0.15) is 0 Å². The Kier molecular flexibility index (Phi) is 5.85. The molecule has 0 fully saturated rings. The third-order valence-corrected chi connectivity index (χ3v) is 3.29. The molecule has 0 aliphatic carbocycles. The maximum Gasteiger partial charge on any atom is 0.340 e. The number of rotatable bonds is 6. The monoisotopic (exact) mass is 269 g/mol. The van der Waals surface area contributed by atoms with Crippen molar-refractivity contribution in [2.75, 3.05) is 31.8 Å². The molecular formula is C13H19NO3S. The number of anilines is 1. The Balaban J connectivity index is 3.22. The molecule has 0 heterocycles. The fourth-order valence-corrected chi connectivity index (χ4v) is 2.37. The fraction of sp³-hybridized carbons (Fsp3) is 0.462. The zero-order chi connectivity index (χ0) is 13.5. The summed E-state index contributed by atoms with van der Waals surface area (Å²) < 4.78 is 10.4. The molecule has 5 heteroatoms. The fourth-order valence-electron chi connectivity index (χ4n) is 1.57. The third kappa shape index (κ3) is 3.32. The topological polar surface area (TPSA) is 47.6 Å². The molecule has 0 saturated heterocycles. The molecule has 0 radical (unpaired) electrons. The van der Waals surface area contributed by atoms with Crippen molar-refractivity contribution in [3.63, 3.8) is 0 Å². The number of hydrogen-bond donors (Lipinski definition) is 1. The second-order valence-corrected chi connectivity index (χ2v) is 4.76. The number of carbonyl (C=O) groups is 1. The lowest BCUT2D eigenvalue weighted by Gasteiger charge is -2.14. The lowest BCUT2D eigenvalue weighted by atomic mass is 10.1. The van der Waals surface area contributed by atoms with Crippen molar-refractivity contribution in [3.8, 4) is 5.75 Å². The summed E-state index contributed by atoms with van der Waals surface area (Å²) in [4.78, 5) is 12.8. The molecule has 100 valence electrons. The quantitative estimate of drug-likeness (QED) is 0.635. The highest BCUT2D eigenvalue weighted by molar-refractivity contribution is 7.99. The first kappa shape index (κ1) is 14.7. The van der Waals surface area contributed by atoms with E-state index in [1.165, 1.54) is 0 Å². The van der Waals surface area contributed by atoms with Gasteiger partial charge in [-0.1, -0.05) is 6.92 Å². The van der Waals surface area contributed by atoms with Gasteiger partial charge in [0.1, 0.15) is 5.75 Å². The van der Waals surface area contributed by atoms with Crippen LogP contribution in [0.4, 0.5) is 5.69 Å².